The fourth-order valence-corrected chi connectivity index (χ4v) is 8.58. The zero-order valence-electron chi connectivity index (χ0n) is 26.5. The quantitative estimate of drug-likeness (QED) is 0.179. The topological polar surface area (TPSA) is 25.8 Å². The normalized spacial score (nSPS) is 11.7. The smallest absolute Gasteiger partial charge is 0.0979 e. The molecular formula is C46H28N2S. The van der Waals surface area contributed by atoms with E-state index < -0.39 is 0 Å². The van der Waals surface area contributed by atoms with Crippen LogP contribution in [0.1, 0.15) is 0 Å². The van der Waals surface area contributed by atoms with Gasteiger partial charge in [0.25, 0.3) is 0 Å². The molecule has 49 heavy (non-hydrogen) atoms. The lowest BCUT2D eigenvalue weighted by Gasteiger charge is -2.15. The third-order valence-corrected chi connectivity index (χ3v) is 10.9. The second-order valence-corrected chi connectivity index (χ2v) is 13.6. The van der Waals surface area contributed by atoms with Gasteiger partial charge in [-0.1, -0.05) is 152 Å². The van der Waals surface area contributed by atoms with Crippen LogP contribution in [0, 0.1) is 0 Å². The summed E-state index contributed by atoms with van der Waals surface area (Å²) in [6.45, 7) is 0. The van der Waals surface area contributed by atoms with Gasteiger partial charge in [-0.3, -0.25) is 0 Å². The molecule has 0 atom stereocenters. The van der Waals surface area contributed by atoms with Crippen molar-refractivity contribution in [1.82, 2.24) is 9.97 Å². The maximum atomic E-state index is 5.49. The largest absolute Gasteiger partial charge is 0.243 e. The van der Waals surface area contributed by atoms with Crippen LogP contribution in [0.3, 0.4) is 0 Å². The SMILES string of the molecule is c1ccc(-c2nc3c4ccccc4c4ccccc4c3nc2-c2cccc(-c3cccc(-c4cccc5c4sc4ccccc45)c3)c2)cc1. The van der Waals surface area contributed by atoms with Crippen LogP contribution in [0.15, 0.2) is 170 Å². The van der Waals surface area contributed by atoms with Crippen LogP contribution < -0.4 is 0 Å². The van der Waals surface area contributed by atoms with Gasteiger partial charge < -0.3 is 0 Å². The zero-order valence-corrected chi connectivity index (χ0v) is 27.3. The molecule has 8 aromatic carbocycles. The molecule has 0 spiro atoms. The lowest BCUT2D eigenvalue weighted by molar-refractivity contribution is 1.31. The Balaban J connectivity index is 1.17. The first-order valence-electron chi connectivity index (χ1n) is 16.6. The molecule has 2 aromatic heterocycles. The molecule has 0 aliphatic carbocycles. The number of thiophene rings is 1. The molecule has 10 aromatic rings. The minimum Gasteiger partial charge on any atom is -0.243 e. The third kappa shape index (κ3) is 4.55. The summed E-state index contributed by atoms with van der Waals surface area (Å²) in [5.74, 6) is 0. The molecule has 2 nitrogen and oxygen atoms in total. The van der Waals surface area contributed by atoms with Crippen LogP contribution >= 0.6 is 11.3 Å². The number of fused-ring (bicyclic) bond motifs is 9. The van der Waals surface area contributed by atoms with E-state index >= 15 is 0 Å². The van der Waals surface area contributed by atoms with Crippen molar-refractivity contribution in [3.8, 4) is 44.8 Å². The van der Waals surface area contributed by atoms with E-state index in [0.717, 1.165) is 49.9 Å². The monoisotopic (exact) mass is 640 g/mol. The van der Waals surface area contributed by atoms with Gasteiger partial charge in [0.05, 0.1) is 22.4 Å². The summed E-state index contributed by atoms with van der Waals surface area (Å²) in [5.41, 5.74) is 10.5. The average molecular weight is 641 g/mol. The highest BCUT2D eigenvalue weighted by molar-refractivity contribution is 7.26. The van der Waals surface area contributed by atoms with Crippen molar-refractivity contribution < 1.29 is 0 Å². The van der Waals surface area contributed by atoms with Crippen LogP contribution in [-0.4, -0.2) is 9.97 Å². The highest BCUT2D eigenvalue weighted by Crippen LogP contribution is 2.42. The Labute approximate surface area is 287 Å². The van der Waals surface area contributed by atoms with E-state index in [1.807, 2.05) is 17.4 Å². The second kappa shape index (κ2) is 11.2. The van der Waals surface area contributed by atoms with Crippen molar-refractivity contribution in [3.63, 3.8) is 0 Å². The molecule has 0 saturated heterocycles. The van der Waals surface area contributed by atoms with Gasteiger partial charge in [-0.25, -0.2) is 9.97 Å². The summed E-state index contributed by atoms with van der Waals surface area (Å²) in [7, 11) is 0. The second-order valence-electron chi connectivity index (χ2n) is 12.5. The van der Waals surface area contributed by atoms with E-state index in [1.165, 1.54) is 47.6 Å². The zero-order chi connectivity index (χ0) is 32.3. The van der Waals surface area contributed by atoms with Crippen LogP contribution in [-0.2, 0) is 0 Å². The highest BCUT2D eigenvalue weighted by atomic mass is 32.1. The molecule has 0 radical (unpaired) electrons. The Kier molecular flexibility index (Phi) is 6.39. The summed E-state index contributed by atoms with van der Waals surface area (Å²) >= 11 is 1.87. The van der Waals surface area contributed by atoms with E-state index in [9.17, 15) is 0 Å². The molecule has 3 heteroatoms. The fourth-order valence-electron chi connectivity index (χ4n) is 7.35. The summed E-state index contributed by atoms with van der Waals surface area (Å²) in [5, 5.41) is 7.25. The number of benzene rings is 8. The molecule has 0 unspecified atom stereocenters. The predicted molar refractivity (Wildman–Crippen MR) is 209 cm³/mol. The number of nitrogens with zero attached hydrogens (tertiary/aromatic N) is 2. The van der Waals surface area contributed by atoms with Crippen molar-refractivity contribution in [3.05, 3.63) is 170 Å². The molecule has 0 bridgehead atoms. The van der Waals surface area contributed by atoms with E-state index in [-0.39, 0.29) is 0 Å². The minimum atomic E-state index is 0.882. The Morgan fingerprint density at radius 2 is 0.796 bits per heavy atom. The van der Waals surface area contributed by atoms with Gasteiger partial charge in [-0.05, 0) is 51.2 Å². The summed E-state index contributed by atoms with van der Waals surface area (Å²) < 4.78 is 2.65. The van der Waals surface area contributed by atoms with Crippen molar-refractivity contribution in [2.45, 2.75) is 0 Å². The third-order valence-electron chi connectivity index (χ3n) is 9.64. The van der Waals surface area contributed by atoms with Crippen LogP contribution in [0.5, 0.6) is 0 Å². The molecular weight excluding hydrogens is 613 g/mol. The number of rotatable bonds is 4. The number of hydrogen-bond acceptors (Lipinski definition) is 3. The molecule has 228 valence electrons. The molecule has 0 aliphatic heterocycles. The highest BCUT2D eigenvalue weighted by Gasteiger charge is 2.18. The van der Waals surface area contributed by atoms with Gasteiger partial charge in [-0.2, -0.15) is 0 Å². The Morgan fingerprint density at radius 3 is 1.49 bits per heavy atom. The molecule has 0 aliphatic rings. The fraction of sp³-hybridized carbons (Fsp3) is 0. The van der Waals surface area contributed by atoms with Gasteiger partial charge >= 0.3 is 0 Å². The molecule has 0 saturated carbocycles. The van der Waals surface area contributed by atoms with Crippen molar-refractivity contribution in [2.24, 2.45) is 0 Å². The van der Waals surface area contributed by atoms with Gasteiger partial charge in [0.1, 0.15) is 0 Å². The minimum absolute atomic E-state index is 0.882. The summed E-state index contributed by atoms with van der Waals surface area (Å²) in [4.78, 5) is 10.9. The lowest BCUT2D eigenvalue weighted by Crippen LogP contribution is -1.97. The number of hydrogen-bond donors (Lipinski definition) is 0. The molecule has 0 amide bonds. The standard InChI is InChI=1S/C46H28N2S/c1-2-13-29(14-3-1)42-43(48-45-39-23-7-5-20-36(39)35-19-4-6-22-38(35)44(45)47-42)33-18-11-16-31(28-33)30-15-10-17-32(27-30)34-24-12-25-40-37-21-8-9-26-41(37)49-46(34)40/h1-28H. The van der Waals surface area contributed by atoms with E-state index in [2.05, 4.69) is 164 Å². The van der Waals surface area contributed by atoms with Crippen molar-refractivity contribution >= 4 is 64.1 Å². The first kappa shape index (κ1) is 27.9. The van der Waals surface area contributed by atoms with E-state index in [1.54, 1.807) is 0 Å². The van der Waals surface area contributed by atoms with Crippen molar-refractivity contribution in [2.75, 3.05) is 0 Å². The van der Waals surface area contributed by atoms with Gasteiger partial charge in [-0.15, -0.1) is 11.3 Å². The van der Waals surface area contributed by atoms with E-state index in [0.29, 0.717) is 0 Å². The summed E-state index contributed by atoms with van der Waals surface area (Å²) in [6.07, 6.45) is 0. The van der Waals surface area contributed by atoms with Crippen LogP contribution in [0.2, 0.25) is 0 Å². The average Bonchev–Trinajstić information content (AvgIpc) is 3.57. The van der Waals surface area contributed by atoms with Gasteiger partial charge in [0.15, 0.2) is 0 Å². The molecule has 2 heterocycles. The lowest BCUT2D eigenvalue weighted by atomic mass is 9.95. The Bertz CT molecular complexity index is 2890. The van der Waals surface area contributed by atoms with Gasteiger partial charge in [0, 0.05) is 42.1 Å². The van der Waals surface area contributed by atoms with E-state index in [4.69, 9.17) is 9.97 Å². The first-order valence-corrected chi connectivity index (χ1v) is 17.4. The summed E-state index contributed by atoms with van der Waals surface area (Å²) in [6, 6.07) is 60.6. The maximum absolute atomic E-state index is 5.49. The van der Waals surface area contributed by atoms with Crippen molar-refractivity contribution in [1.29, 1.82) is 0 Å². The van der Waals surface area contributed by atoms with Crippen LogP contribution in [0.4, 0.5) is 0 Å². The van der Waals surface area contributed by atoms with Gasteiger partial charge in [0.2, 0.25) is 0 Å². The molecule has 10 rings (SSSR count). The Hall–Kier alpha value is -6.16. The molecule has 0 fully saturated rings. The first-order chi connectivity index (χ1) is 24.3. The molecule has 0 N–H and O–H groups in total. The maximum Gasteiger partial charge on any atom is 0.0979 e. The number of aromatic nitrogens is 2. The Morgan fingerprint density at radius 1 is 0.327 bits per heavy atom. The predicted octanol–water partition coefficient (Wildman–Crippen LogP) is 13.0. The van der Waals surface area contributed by atoms with Crippen LogP contribution in [0.25, 0.3) is 97.5 Å².